The Morgan fingerprint density at radius 2 is 2.12 bits per heavy atom. The second kappa shape index (κ2) is 5.08. The average Bonchev–Trinajstić information content (AvgIpc) is 2.28. The van der Waals surface area contributed by atoms with Gasteiger partial charge in [0.05, 0.1) is 12.7 Å². The molecule has 1 aromatic rings. The van der Waals surface area contributed by atoms with E-state index in [1.165, 1.54) is 7.11 Å². The number of nitrogen functional groups attached to an aromatic ring is 1. The fourth-order valence-corrected chi connectivity index (χ4v) is 1.37. The molecular formula is C13H20N2O2. The predicted molar refractivity (Wildman–Crippen MR) is 69.2 cm³/mol. The van der Waals surface area contributed by atoms with Gasteiger partial charge in [-0.15, -0.1) is 0 Å². The molecule has 0 bridgehead atoms. The Balaban J connectivity index is 2.99. The molecule has 0 aliphatic rings. The minimum absolute atomic E-state index is 0.166. The van der Waals surface area contributed by atoms with Crippen LogP contribution in [0.2, 0.25) is 0 Å². The van der Waals surface area contributed by atoms with Crippen molar-refractivity contribution in [2.75, 3.05) is 12.8 Å². The molecule has 0 aliphatic heterocycles. The molecule has 1 amide bonds. The lowest BCUT2D eigenvalue weighted by Gasteiger charge is -2.25. The van der Waals surface area contributed by atoms with Crippen LogP contribution in [0.1, 0.15) is 37.6 Å². The quantitative estimate of drug-likeness (QED) is 0.788. The highest BCUT2D eigenvalue weighted by atomic mass is 16.5. The van der Waals surface area contributed by atoms with E-state index in [0.29, 0.717) is 17.0 Å². The minimum Gasteiger partial charge on any atom is -0.496 e. The van der Waals surface area contributed by atoms with Crippen LogP contribution in [0.4, 0.5) is 5.69 Å². The third-order valence-corrected chi connectivity index (χ3v) is 2.80. The Morgan fingerprint density at radius 3 is 2.65 bits per heavy atom. The van der Waals surface area contributed by atoms with Crippen molar-refractivity contribution in [2.24, 2.45) is 0 Å². The van der Waals surface area contributed by atoms with E-state index in [4.69, 9.17) is 10.5 Å². The molecule has 0 aromatic heterocycles. The van der Waals surface area contributed by atoms with E-state index in [1.807, 2.05) is 20.8 Å². The van der Waals surface area contributed by atoms with Crippen LogP contribution in [-0.4, -0.2) is 18.6 Å². The molecule has 1 aromatic carbocycles. The van der Waals surface area contributed by atoms with Crippen molar-refractivity contribution in [3.63, 3.8) is 0 Å². The molecule has 0 heterocycles. The average molecular weight is 236 g/mol. The predicted octanol–water partition coefficient (Wildman–Crippen LogP) is 2.20. The van der Waals surface area contributed by atoms with Crippen molar-refractivity contribution >= 4 is 11.6 Å². The number of amides is 1. The highest BCUT2D eigenvalue weighted by Gasteiger charge is 2.21. The molecule has 0 aliphatic carbocycles. The lowest BCUT2D eigenvalue weighted by atomic mass is 10.0. The Labute approximate surface area is 102 Å². The number of nitrogens with two attached hydrogens (primary N) is 1. The van der Waals surface area contributed by atoms with Gasteiger partial charge >= 0.3 is 0 Å². The Kier molecular flexibility index (Phi) is 3.99. The van der Waals surface area contributed by atoms with Gasteiger partial charge in [0.1, 0.15) is 5.75 Å². The number of benzene rings is 1. The maximum atomic E-state index is 12.1. The van der Waals surface area contributed by atoms with E-state index in [2.05, 4.69) is 5.32 Å². The molecule has 0 fully saturated rings. The number of carbonyl (C=O) groups is 1. The van der Waals surface area contributed by atoms with Crippen LogP contribution < -0.4 is 15.8 Å². The standard InChI is InChI=1S/C13H20N2O2/c1-5-13(2,3)15-12(16)10-8-9(14)6-7-11(10)17-4/h6-8H,5,14H2,1-4H3,(H,15,16). The van der Waals surface area contributed by atoms with Crippen LogP contribution in [0.15, 0.2) is 18.2 Å². The number of anilines is 1. The number of ether oxygens (including phenoxy) is 1. The summed E-state index contributed by atoms with van der Waals surface area (Å²) in [6, 6.07) is 5.03. The van der Waals surface area contributed by atoms with Gasteiger partial charge in [0.25, 0.3) is 5.91 Å². The molecule has 17 heavy (non-hydrogen) atoms. The number of methoxy groups -OCH3 is 1. The Morgan fingerprint density at radius 1 is 1.47 bits per heavy atom. The summed E-state index contributed by atoms with van der Waals surface area (Å²) >= 11 is 0. The molecule has 94 valence electrons. The number of hydrogen-bond acceptors (Lipinski definition) is 3. The molecule has 1 rings (SSSR count). The van der Waals surface area contributed by atoms with Crippen LogP contribution in [-0.2, 0) is 0 Å². The largest absolute Gasteiger partial charge is 0.496 e. The number of rotatable bonds is 4. The van der Waals surface area contributed by atoms with E-state index in [1.54, 1.807) is 18.2 Å². The normalized spacial score (nSPS) is 11.1. The summed E-state index contributed by atoms with van der Waals surface area (Å²) in [5.41, 5.74) is 6.45. The van der Waals surface area contributed by atoms with Gasteiger partial charge in [-0.3, -0.25) is 4.79 Å². The second-order valence-corrected chi connectivity index (χ2v) is 4.65. The van der Waals surface area contributed by atoms with Crippen molar-refractivity contribution in [1.29, 1.82) is 0 Å². The van der Waals surface area contributed by atoms with Gasteiger partial charge in [0, 0.05) is 11.2 Å². The Bertz CT molecular complexity index is 414. The summed E-state index contributed by atoms with van der Waals surface area (Å²) < 4.78 is 5.15. The highest BCUT2D eigenvalue weighted by Crippen LogP contribution is 2.22. The Hall–Kier alpha value is -1.71. The molecule has 4 nitrogen and oxygen atoms in total. The van der Waals surface area contributed by atoms with Crippen LogP contribution in [0.3, 0.4) is 0 Å². The van der Waals surface area contributed by atoms with E-state index in [0.717, 1.165) is 6.42 Å². The summed E-state index contributed by atoms with van der Waals surface area (Å²) in [6.45, 7) is 5.98. The first kappa shape index (κ1) is 13.4. The highest BCUT2D eigenvalue weighted by molar-refractivity contribution is 5.98. The van der Waals surface area contributed by atoms with E-state index in [-0.39, 0.29) is 11.4 Å². The van der Waals surface area contributed by atoms with Crippen LogP contribution >= 0.6 is 0 Å². The molecule has 0 saturated heterocycles. The summed E-state index contributed by atoms with van der Waals surface area (Å²) in [5, 5.41) is 2.95. The number of hydrogen-bond donors (Lipinski definition) is 2. The molecule has 4 heteroatoms. The lowest BCUT2D eigenvalue weighted by Crippen LogP contribution is -2.42. The monoisotopic (exact) mass is 236 g/mol. The topological polar surface area (TPSA) is 64.4 Å². The maximum Gasteiger partial charge on any atom is 0.255 e. The molecule has 0 spiro atoms. The molecule has 0 radical (unpaired) electrons. The van der Waals surface area contributed by atoms with Gasteiger partial charge in [0.15, 0.2) is 0 Å². The van der Waals surface area contributed by atoms with E-state index >= 15 is 0 Å². The van der Waals surface area contributed by atoms with E-state index < -0.39 is 0 Å². The van der Waals surface area contributed by atoms with Crippen LogP contribution in [0, 0.1) is 0 Å². The summed E-state index contributed by atoms with van der Waals surface area (Å²) in [5.74, 6) is 0.365. The SMILES string of the molecule is CCC(C)(C)NC(=O)c1cc(N)ccc1OC. The van der Waals surface area contributed by atoms with Crippen molar-refractivity contribution < 1.29 is 9.53 Å². The fourth-order valence-electron chi connectivity index (χ4n) is 1.37. The molecule has 0 atom stereocenters. The smallest absolute Gasteiger partial charge is 0.255 e. The van der Waals surface area contributed by atoms with Gasteiger partial charge in [-0.25, -0.2) is 0 Å². The lowest BCUT2D eigenvalue weighted by molar-refractivity contribution is 0.0908. The second-order valence-electron chi connectivity index (χ2n) is 4.65. The maximum absolute atomic E-state index is 12.1. The number of carbonyl (C=O) groups excluding carboxylic acids is 1. The molecule has 3 N–H and O–H groups in total. The zero-order chi connectivity index (χ0) is 13.1. The van der Waals surface area contributed by atoms with Gasteiger partial charge in [-0.05, 0) is 38.5 Å². The fraction of sp³-hybridized carbons (Fsp3) is 0.462. The van der Waals surface area contributed by atoms with Crippen molar-refractivity contribution in [3.8, 4) is 5.75 Å². The van der Waals surface area contributed by atoms with Gasteiger partial charge in [-0.2, -0.15) is 0 Å². The van der Waals surface area contributed by atoms with Crippen molar-refractivity contribution in [1.82, 2.24) is 5.32 Å². The molecular weight excluding hydrogens is 216 g/mol. The van der Waals surface area contributed by atoms with Crippen LogP contribution in [0.5, 0.6) is 5.75 Å². The number of nitrogens with one attached hydrogen (secondary N) is 1. The zero-order valence-corrected chi connectivity index (χ0v) is 10.8. The summed E-state index contributed by atoms with van der Waals surface area (Å²) in [6.07, 6.45) is 0.851. The van der Waals surface area contributed by atoms with Crippen molar-refractivity contribution in [3.05, 3.63) is 23.8 Å². The third kappa shape index (κ3) is 3.37. The van der Waals surface area contributed by atoms with Gasteiger partial charge < -0.3 is 15.8 Å². The van der Waals surface area contributed by atoms with E-state index in [9.17, 15) is 4.79 Å². The first-order valence-electron chi connectivity index (χ1n) is 5.65. The van der Waals surface area contributed by atoms with Gasteiger partial charge in [0.2, 0.25) is 0 Å². The molecule has 0 saturated carbocycles. The first-order valence-corrected chi connectivity index (χ1v) is 5.65. The summed E-state index contributed by atoms with van der Waals surface area (Å²) in [7, 11) is 1.53. The van der Waals surface area contributed by atoms with Crippen molar-refractivity contribution in [2.45, 2.75) is 32.7 Å². The van der Waals surface area contributed by atoms with Gasteiger partial charge in [-0.1, -0.05) is 6.92 Å². The molecule has 0 unspecified atom stereocenters. The third-order valence-electron chi connectivity index (χ3n) is 2.80. The first-order chi connectivity index (χ1) is 7.89. The van der Waals surface area contributed by atoms with Crippen LogP contribution in [0.25, 0.3) is 0 Å². The minimum atomic E-state index is -0.243. The zero-order valence-electron chi connectivity index (χ0n) is 10.8. The summed E-state index contributed by atoms with van der Waals surface area (Å²) in [4.78, 5) is 12.1.